The molecule has 2 saturated heterocycles. The van der Waals surface area contributed by atoms with Crippen LogP contribution in [0.5, 0.6) is 0 Å². The van der Waals surface area contributed by atoms with Crippen molar-refractivity contribution in [2.24, 2.45) is 0 Å². The van der Waals surface area contributed by atoms with Crippen LogP contribution in [0.1, 0.15) is 13.3 Å². The van der Waals surface area contributed by atoms with Gasteiger partial charge in [0.1, 0.15) is 6.04 Å². The van der Waals surface area contributed by atoms with Gasteiger partial charge in [-0.3, -0.25) is 10.1 Å². The van der Waals surface area contributed by atoms with Crippen LogP contribution in [0.3, 0.4) is 0 Å². The summed E-state index contributed by atoms with van der Waals surface area (Å²) in [6.45, 7) is 3.94. The van der Waals surface area contributed by atoms with Crippen molar-refractivity contribution < 1.29 is 19.0 Å². The summed E-state index contributed by atoms with van der Waals surface area (Å²) in [6.07, 6.45) is 0.977. The molecule has 0 saturated carbocycles. The second-order valence-corrected chi connectivity index (χ2v) is 3.81. The van der Waals surface area contributed by atoms with Gasteiger partial charge in [0.25, 0.3) is 0 Å². The first-order valence-corrected chi connectivity index (χ1v) is 5.43. The molecule has 0 amide bonds. The highest BCUT2D eigenvalue weighted by atomic mass is 16.6. The molecule has 3 atom stereocenters. The minimum atomic E-state index is -0.315. The number of fused-ring (bicyclic) bond motifs is 1. The van der Waals surface area contributed by atoms with E-state index in [1.165, 1.54) is 0 Å². The van der Waals surface area contributed by atoms with Crippen molar-refractivity contribution in [3.05, 3.63) is 0 Å². The Bertz CT molecular complexity index is 233. The third kappa shape index (κ3) is 2.48. The van der Waals surface area contributed by atoms with Crippen molar-refractivity contribution in [2.75, 3.05) is 26.4 Å². The summed E-state index contributed by atoms with van der Waals surface area (Å²) in [5, 5.41) is 3.26. The summed E-state index contributed by atoms with van der Waals surface area (Å²) in [6, 6.07) is -0.0915. The largest absolute Gasteiger partial charge is 0.465 e. The molecule has 1 unspecified atom stereocenters. The van der Waals surface area contributed by atoms with Crippen molar-refractivity contribution in [1.29, 1.82) is 0 Å². The number of carbonyl (C=O) groups excluding carboxylic acids is 1. The van der Waals surface area contributed by atoms with Crippen LogP contribution in [-0.2, 0) is 19.0 Å². The van der Waals surface area contributed by atoms with Gasteiger partial charge < -0.3 is 14.2 Å². The first-order chi connectivity index (χ1) is 7.31. The predicted octanol–water partition coefficient (Wildman–Crippen LogP) is -0.305. The van der Waals surface area contributed by atoms with E-state index in [1.54, 1.807) is 6.92 Å². The number of hydrogen-bond acceptors (Lipinski definition) is 5. The lowest BCUT2D eigenvalue weighted by molar-refractivity contribution is -0.157. The van der Waals surface area contributed by atoms with E-state index < -0.39 is 0 Å². The minimum absolute atomic E-state index is 0.0874. The van der Waals surface area contributed by atoms with Gasteiger partial charge in [0.2, 0.25) is 0 Å². The van der Waals surface area contributed by atoms with Gasteiger partial charge in [0.05, 0.1) is 25.9 Å². The molecular weight excluding hydrogens is 198 g/mol. The van der Waals surface area contributed by atoms with E-state index in [-0.39, 0.29) is 24.2 Å². The van der Waals surface area contributed by atoms with Gasteiger partial charge in [0.15, 0.2) is 0 Å². The fourth-order valence-corrected chi connectivity index (χ4v) is 1.97. The molecule has 2 aliphatic rings. The number of nitrogens with one attached hydrogen (secondary N) is 1. The summed E-state index contributed by atoms with van der Waals surface area (Å²) in [5.41, 5.74) is 0. The van der Waals surface area contributed by atoms with Crippen molar-refractivity contribution in [3.63, 3.8) is 0 Å². The zero-order valence-corrected chi connectivity index (χ0v) is 8.90. The van der Waals surface area contributed by atoms with Crippen molar-refractivity contribution >= 4 is 5.97 Å². The van der Waals surface area contributed by atoms with E-state index in [0.29, 0.717) is 19.8 Å². The lowest BCUT2D eigenvalue weighted by atomic mass is 10.0. The quantitative estimate of drug-likeness (QED) is 0.641. The smallest absolute Gasteiger partial charge is 0.325 e. The fraction of sp³-hybridized carbons (Fsp3) is 0.900. The maximum absolute atomic E-state index is 11.5. The fourth-order valence-electron chi connectivity index (χ4n) is 1.97. The van der Waals surface area contributed by atoms with Gasteiger partial charge in [-0.2, -0.15) is 0 Å². The molecule has 15 heavy (non-hydrogen) atoms. The van der Waals surface area contributed by atoms with Gasteiger partial charge in [-0.05, 0) is 13.3 Å². The number of esters is 1. The lowest BCUT2D eigenvalue weighted by Crippen LogP contribution is -2.60. The highest BCUT2D eigenvalue weighted by Crippen LogP contribution is 2.17. The van der Waals surface area contributed by atoms with Crippen LogP contribution in [0.25, 0.3) is 0 Å². The van der Waals surface area contributed by atoms with E-state index in [4.69, 9.17) is 14.2 Å². The molecule has 2 rings (SSSR count). The second kappa shape index (κ2) is 4.92. The SMILES string of the molecule is CCOC(=O)C1CO[C@H]2COCC[C@H]2N1. The molecule has 86 valence electrons. The molecule has 0 aromatic rings. The molecule has 1 N–H and O–H groups in total. The normalized spacial score (nSPS) is 35.7. The number of hydrogen-bond donors (Lipinski definition) is 1. The second-order valence-electron chi connectivity index (χ2n) is 3.81. The van der Waals surface area contributed by atoms with Gasteiger partial charge in [0, 0.05) is 12.6 Å². The van der Waals surface area contributed by atoms with E-state index in [9.17, 15) is 4.79 Å². The number of carbonyl (C=O) groups is 1. The van der Waals surface area contributed by atoms with E-state index in [0.717, 1.165) is 13.0 Å². The van der Waals surface area contributed by atoms with Crippen LogP contribution in [-0.4, -0.2) is 50.6 Å². The Hall–Kier alpha value is -0.650. The molecule has 0 radical (unpaired) electrons. The monoisotopic (exact) mass is 215 g/mol. The number of ether oxygens (including phenoxy) is 3. The van der Waals surface area contributed by atoms with Crippen LogP contribution < -0.4 is 5.32 Å². The number of rotatable bonds is 2. The van der Waals surface area contributed by atoms with Gasteiger partial charge >= 0.3 is 5.97 Å². The van der Waals surface area contributed by atoms with E-state index in [1.807, 2.05) is 0 Å². The highest BCUT2D eigenvalue weighted by molar-refractivity contribution is 5.76. The van der Waals surface area contributed by atoms with Crippen molar-refractivity contribution in [3.8, 4) is 0 Å². The van der Waals surface area contributed by atoms with Crippen LogP contribution in [0.15, 0.2) is 0 Å². The molecular formula is C10H17NO4. The summed E-state index contributed by atoms with van der Waals surface area (Å²) >= 11 is 0. The molecule has 5 heteroatoms. The zero-order chi connectivity index (χ0) is 10.7. The van der Waals surface area contributed by atoms with Gasteiger partial charge in [-0.25, -0.2) is 0 Å². The first kappa shape index (κ1) is 10.9. The minimum Gasteiger partial charge on any atom is -0.465 e. The van der Waals surface area contributed by atoms with Gasteiger partial charge in [-0.15, -0.1) is 0 Å². The van der Waals surface area contributed by atoms with Crippen LogP contribution >= 0.6 is 0 Å². The maximum atomic E-state index is 11.5. The molecule has 0 bridgehead atoms. The highest BCUT2D eigenvalue weighted by Gasteiger charge is 2.36. The van der Waals surface area contributed by atoms with Crippen molar-refractivity contribution in [2.45, 2.75) is 31.5 Å². The molecule has 2 aliphatic heterocycles. The molecule has 0 spiro atoms. The average molecular weight is 215 g/mol. The Kier molecular flexibility index (Phi) is 3.56. The number of morpholine rings is 1. The third-order valence-corrected chi connectivity index (χ3v) is 2.77. The maximum Gasteiger partial charge on any atom is 0.325 e. The lowest BCUT2D eigenvalue weighted by Gasteiger charge is -2.39. The van der Waals surface area contributed by atoms with Crippen LogP contribution in [0.4, 0.5) is 0 Å². The Morgan fingerprint density at radius 1 is 1.53 bits per heavy atom. The standard InChI is InChI=1S/C10H17NO4/c1-2-14-10(12)8-5-15-9-6-13-4-3-7(9)11-8/h7-9,11H,2-6H2,1H3/t7-,8?,9+/m1/s1. The molecule has 5 nitrogen and oxygen atoms in total. The summed E-state index contributed by atoms with van der Waals surface area (Å²) in [5.74, 6) is -0.220. The van der Waals surface area contributed by atoms with Crippen LogP contribution in [0, 0.1) is 0 Å². The Morgan fingerprint density at radius 3 is 3.20 bits per heavy atom. The Labute approximate surface area is 89.1 Å². The first-order valence-electron chi connectivity index (χ1n) is 5.43. The molecule has 2 heterocycles. The molecule has 0 aliphatic carbocycles. The summed E-state index contributed by atoms with van der Waals surface area (Å²) < 4.78 is 15.8. The summed E-state index contributed by atoms with van der Waals surface area (Å²) in [7, 11) is 0. The molecule has 0 aromatic carbocycles. The topological polar surface area (TPSA) is 56.8 Å². The Balaban J connectivity index is 1.87. The molecule has 0 aromatic heterocycles. The van der Waals surface area contributed by atoms with E-state index in [2.05, 4.69) is 5.32 Å². The summed E-state index contributed by atoms with van der Waals surface area (Å²) in [4.78, 5) is 11.5. The van der Waals surface area contributed by atoms with Crippen LogP contribution in [0.2, 0.25) is 0 Å². The van der Waals surface area contributed by atoms with E-state index >= 15 is 0 Å². The Morgan fingerprint density at radius 2 is 2.40 bits per heavy atom. The third-order valence-electron chi connectivity index (χ3n) is 2.77. The zero-order valence-electron chi connectivity index (χ0n) is 8.90. The van der Waals surface area contributed by atoms with Gasteiger partial charge in [-0.1, -0.05) is 0 Å². The average Bonchev–Trinajstić information content (AvgIpc) is 2.29. The molecule has 2 fully saturated rings. The predicted molar refractivity (Wildman–Crippen MR) is 52.5 cm³/mol. The van der Waals surface area contributed by atoms with Crippen molar-refractivity contribution in [1.82, 2.24) is 5.32 Å².